The molecule has 2 fully saturated rings. The average Bonchev–Trinajstić information content (AvgIpc) is 2.84. The summed E-state index contributed by atoms with van der Waals surface area (Å²) in [4.78, 5) is 48.1. The van der Waals surface area contributed by atoms with Gasteiger partial charge in [-0.05, 0) is 18.9 Å². The van der Waals surface area contributed by atoms with E-state index in [1.54, 1.807) is 0 Å². The number of nitrogens with zero attached hydrogens (tertiary/aromatic N) is 2. The van der Waals surface area contributed by atoms with Crippen molar-refractivity contribution in [2.75, 3.05) is 11.9 Å². The Morgan fingerprint density at radius 2 is 2.00 bits per heavy atom. The van der Waals surface area contributed by atoms with Gasteiger partial charge in [0.05, 0.1) is 4.92 Å². The minimum atomic E-state index is -0.800. The van der Waals surface area contributed by atoms with Crippen LogP contribution in [-0.4, -0.2) is 39.8 Å². The quantitative estimate of drug-likeness (QED) is 0.473. The fraction of sp³-hybridized carbons (Fsp3) is 0.471. The summed E-state index contributed by atoms with van der Waals surface area (Å²) in [6, 6.07) is 5.13. The summed E-state index contributed by atoms with van der Waals surface area (Å²) in [5.41, 5.74) is -0.632. The van der Waals surface area contributed by atoms with E-state index in [-0.39, 0.29) is 24.6 Å². The Bertz CT molecular complexity index is 757. The minimum absolute atomic E-state index is 0.0207. The lowest BCUT2D eigenvalue weighted by Crippen LogP contribution is -2.48. The second kappa shape index (κ2) is 7.11. The molecule has 26 heavy (non-hydrogen) atoms. The Kier molecular flexibility index (Phi) is 4.88. The van der Waals surface area contributed by atoms with E-state index < -0.39 is 22.4 Å². The Balaban J connectivity index is 1.57. The smallest absolute Gasteiger partial charge is 0.325 e. The van der Waals surface area contributed by atoms with Gasteiger partial charge in [0.15, 0.2) is 0 Å². The molecule has 2 aliphatic rings. The number of non-ortho nitro benzene ring substituents is 1. The molecule has 0 unspecified atom stereocenters. The molecule has 9 heteroatoms. The third-order valence-electron chi connectivity index (χ3n) is 4.86. The summed E-state index contributed by atoms with van der Waals surface area (Å²) in [5, 5.41) is 16.1. The number of rotatable bonds is 5. The van der Waals surface area contributed by atoms with Gasteiger partial charge in [-0.3, -0.25) is 24.6 Å². The molecule has 1 saturated carbocycles. The normalized spacial score (nSPS) is 18.7. The number of benzene rings is 1. The summed E-state index contributed by atoms with van der Waals surface area (Å²) in [6.07, 6.45) is 4.04. The lowest BCUT2D eigenvalue weighted by Gasteiger charge is -2.30. The molecule has 0 aromatic heterocycles. The molecular formula is C17H20N4O5. The van der Waals surface area contributed by atoms with Gasteiger partial charge < -0.3 is 10.6 Å². The zero-order valence-electron chi connectivity index (χ0n) is 14.2. The van der Waals surface area contributed by atoms with E-state index in [0.29, 0.717) is 18.5 Å². The van der Waals surface area contributed by atoms with Crippen LogP contribution in [0.1, 0.15) is 38.5 Å². The highest BCUT2D eigenvalue weighted by atomic mass is 16.6. The molecule has 1 aliphatic carbocycles. The fourth-order valence-electron chi connectivity index (χ4n) is 3.51. The zero-order chi connectivity index (χ0) is 18.7. The number of carbonyl (C=O) groups excluding carboxylic acids is 3. The third-order valence-corrected chi connectivity index (χ3v) is 4.86. The van der Waals surface area contributed by atoms with E-state index in [4.69, 9.17) is 0 Å². The van der Waals surface area contributed by atoms with Gasteiger partial charge in [-0.25, -0.2) is 4.79 Å². The molecule has 1 aromatic carbocycles. The maximum Gasteiger partial charge on any atom is 0.325 e. The summed E-state index contributed by atoms with van der Waals surface area (Å²) >= 11 is 0. The van der Waals surface area contributed by atoms with E-state index in [9.17, 15) is 24.5 Å². The number of hydrogen-bond acceptors (Lipinski definition) is 5. The largest absolute Gasteiger partial charge is 0.326 e. The zero-order valence-corrected chi connectivity index (χ0v) is 14.2. The Hall–Kier alpha value is -2.97. The van der Waals surface area contributed by atoms with Crippen LogP contribution in [0.3, 0.4) is 0 Å². The van der Waals surface area contributed by atoms with Crippen molar-refractivity contribution in [3.8, 4) is 0 Å². The van der Waals surface area contributed by atoms with Gasteiger partial charge in [0.2, 0.25) is 5.91 Å². The van der Waals surface area contributed by atoms with E-state index >= 15 is 0 Å². The van der Waals surface area contributed by atoms with Gasteiger partial charge in [-0.1, -0.05) is 25.3 Å². The molecule has 1 saturated heterocycles. The first kappa shape index (κ1) is 17.8. The molecule has 3 rings (SSSR count). The molecular weight excluding hydrogens is 340 g/mol. The number of anilines is 1. The van der Waals surface area contributed by atoms with Crippen LogP contribution >= 0.6 is 0 Å². The van der Waals surface area contributed by atoms with Gasteiger partial charge in [0, 0.05) is 30.8 Å². The van der Waals surface area contributed by atoms with E-state index in [0.717, 1.165) is 24.2 Å². The SMILES string of the molecule is O=C(CCN1C(=O)NC2(CCCCC2)C1=O)Nc1cccc([N+](=O)[O-])c1. The first-order valence-corrected chi connectivity index (χ1v) is 8.60. The molecule has 1 aromatic rings. The van der Waals surface area contributed by atoms with Crippen LogP contribution in [0.5, 0.6) is 0 Å². The molecule has 9 nitrogen and oxygen atoms in total. The third kappa shape index (κ3) is 3.51. The van der Waals surface area contributed by atoms with Crippen molar-refractivity contribution < 1.29 is 19.3 Å². The Labute approximate surface area is 149 Å². The second-order valence-corrected chi connectivity index (χ2v) is 6.64. The summed E-state index contributed by atoms with van der Waals surface area (Å²) in [5.74, 6) is -0.680. The van der Waals surface area contributed by atoms with Crippen molar-refractivity contribution in [2.45, 2.75) is 44.1 Å². The Morgan fingerprint density at radius 1 is 1.27 bits per heavy atom. The van der Waals surface area contributed by atoms with Gasteiger partial charge in [-0.2, -0.15) is 0 Å². The summed E-state index contributed by atoms with van der Waals surface area (Å²) in [7, 11) is 0. The highest BCUT2D eigenvalue weighted by molar-refractivity contribution is 6.07. The monoisotopic (exact) mass is 360 g/mol. The van der Waals surface area contributed by atoms with Crippen LogP contribution in [0.2, 0.25) is 0 Å². The molecule has 138 valence electrons. The van der Waals surface area contributed by atoms with Gasteiger partial charge in [0.1, 0.15) is 5.54 Å². The predicted octanol–water partition coefficient (Wildman–Crippen LogP) is 2.18. The van der Waals surface area contributed by atoms with E-state index in [2.05, 4.69) is 10.6 Å². The van der Waals surface area contributed by atoms with Crippen LogP contribution < -0.4 is 10.6 Å². The molecule has 4 amide bonds. The number of nitrogens with one attached hydrogen (secondary N) is 2. The standard InChI is InChI=1S/C17H20N4O5/c22-14(18-12-5-4-6-13(11-12)21(25)26)7-10-20-15(23)17(19-16(20)24)8-2-1-3-9-17/h4-6,11H,1-3,7-10H2,(H,18,22)(H,19,24). The van der Waals surface area contributed by atoms with Crippen LogP contribution in [0.25, 0.3) is 0 Å². The van der Waals surface area contributed by atoms with Crippen LogP contribution in [0.15, 0.2) is 24.3 Å². The van der Waals surface area contributed by atoms with Crippen molar-refractivity contribution in [1.29, 1.82) is 0 Å². The van der Waals surface area contributed by atoms with Crippen molar-refractivity contribution in [1.82, 2.24) is 10.2 Å². The van der Waals surface area contributed by atoms with Crippen molar-refractivity contribution >= 4 is 29.2 Å². The average molecular weight is 360 g/mol. The van der Waals surface area contributed by atoms with E-state index in [1.165, 1.54) is 24.3 Å². The van der Waals surface area contributed by atoms with Gasteiger partial charge >= 0.3 is 6.03 Å². The summed E-state index contributed by atoms with van der Waals surface area (Å²) in [6.45, 7) is -0.0207. The molecule has 1 heterocycles. The maximum absolute atomic E-state index is 12.6. The van der Waals surface area contributed by atoms with Gasteiger partial charge in [0.25, 0.3) is 11.6 Å². The van der Waals surface area contributed by atoms with Gasteiger partial charge in [-0.15, -0.1) is 0 Å². The van der Waals surface area contributed by atoms with Crippen LogP contribution in [0, 0.1) is 10.1 Å². The number of nitro benzene ring substituents is 1. The number of nitro groups is 1. The molecule has 1 spiro atoms. The lowest BCUT2D eigenvalue weighted by atomic mass is 9.82. The fourth-order valence-corrected chi connectivity index (χ4v) is 3.51. The highest BCUT2D eigenvalue weighted by Gasteiger charge is 2.51. The number of carbonyl (C=O) groups is 3. The predicted molar refractivity (Wildman–Crippen MR) is 92.4 cm³/mol. The molecule has 1 aliphatic heterocycles. The lowest BCUT2D eigenvalue weighted by molar-refractivity contribution is -0.384. The highest BCUT2D eigenvalue weighted by Crippen LogP contribution is 2.33. The number of urea groups is 1. The molecule has 2 N–H and O–H groups in total. The summed E-state index contributed by atoms with van der Waals surface area (Å²) < 4.78 is 0. The van der Waals surface area contributed by atoms with Crippen LogP contribution in [-0.2, 0) is 9.59 Å². The van der Waals surface area contributed by atoms with Crippen molar-refractivity contribution in [2.24, 2.45) is 0 Å². The molecule has 0 radical (unpaired) electrons. The Morgan fingerprint density at radius 3 is 2.69 bits per heavy atom. The minimum Gasteiger partial charge on any atom is -0.326 e. The maximum atomic E-state index is 12.6. The second-order valence-electron chi connectivity index (χ2n) is 6.64. The number of imide groups is 1. The topological polar surface area (TPSA) is 122 Å². The molecule has 0 bridgehead atoms. The molecule has 0 atom stereocenters. The number of amides is 4. The van der Waals surface area contributed by atoms with Crippen molar-refractivity contribution in [3.05, 3.63) is 34.4 Å². The first-order chi connectivity index (χ1) is 12.4. The first-order valence-electron chi connectivity index (χ1n) is 8.60. The number of hydrogen-bond donors (Lipinski definition) is 2. The van der Waals surface area contributed by atoms with Crippen LogP contribution in [0.4, 0.5) is 16.2 Å². The van der Waals surface area contributed by atoms with Crippen molar-refractivity contribution in [3.63, 3.8) is 0 Å². The van der Waals surface area contributed by atoms with E-state index in [1.807, 2.05) is 0 Å².